The highest BCUT2D eigenvalue weighted by Gasteiger charge is 2.25. The number of rotatable bonds is 2. The van der Waals surface area contributed by atoms with Crippen LogP contribution in [0.2, 0.25) is 0 Å². The van der Waals surface area contributed by atoms with Crippen LogP contribution in [0.15, 0.2) is 0 Å². The molecule has 1 rings (SSSR count). The van der Waals surface area contributed by atoms with Crippen molar-refractivity contribution >= 4 is 0 Å². The number of hydrogen-bond donors (Lipinski definition) is 1. The van der Waals surface area contributed by atoms with E-state index < -0.39 is 0 Å². The third-order valence-electron chi connectivity index (χ3n) is 2.55. The van der Waals surface area contributed by atoms with Crippen molar-refractivity contribution in [3.63, 3.8) is 0 Å². The Hall–Kier alpha value is -0.0800. The summed E-state index contributed by atoms with van der Waals surface area (Å²) >= 11 is 0. The predicted octanol–water partition coefficient (Wildman–Crippen LogP) is 1.49. The second kappa shape index (κ2) is 3.55. The van der Waals surface area contributed by atoms with Crippen molar-refractivity contribution in [3.8, 4) is 0 Å². The number of nitrogens with zero attached hydrogens (tertiary/aromatic N) is 1. The average Bonchev–Trinajstić information content (AvgIpc) is 2.33. The van der Waals surface area contributed by atoms with E-state index in [9.17, 15) is 0 Å². The number of hydrazine groups is 1. The van der Waals surface area contributed by atoms with Crippen molar-refractivity contribution < 1.29 is 0 Å². The van der Waals surface area contributed by atoms with Gasteiger partial charge >= 0.3 is 0 Å². The summed E-state index contributed by atoms with van der Waals surface area (Å²) < 4.78 is 0. The fourth-order valence-corrected chi connectivity index (χ4v) is 1.46. The standard InChI is InChI=1S/C9H20N2/c1-7(2)9-5-10-11(6-9)8(3)4/h7-10H,5-6H2,1-4H3. The third-order valence-corrected chi connectivity index (χ3v) is 2.55. The lowest BCUT2D eigenvalue weighted by Crippen LogP contribution is -2.36. The maximum absolute atomic E-state index is 3.42. The summed E-state index contributed by atoms with van der Waals surface area (Å²) in [5.74, 6) is 1.66. The predicted molar refractivity (Wildman–Crippen MR) is 48.2 cm³/mol. The summed E-state index contributed by atoms with van der Waals surface area (Å²) in [7, 11) is 0. The van der Waals surface area contributed by atoms with E-state index in [2.05, 4.69) is 38.1 Å². The van der Waals surface area contributed by atoms with Crippen molar-refractivity contribution in [2.24, 2.45) is 11.8 Å². The molecule has 0 saturated carbocycles. The van der Waals surface area contributed by atoms with Crippen LogP contribution in [0.25, 0.3) is 0 Å². The number of hydrogen-bond acceptors (Lipinski definition) is 2. The van der Waals surface area contributed by atoms with Gasteiger partial charge in [0.05, 0.1) is 0 Å². The first-order valence-corrected chi connectivity index (χ1v) is 4.61. The topological polar surface area (TPSA) is 15.3 Å². The fourth-order valence-electron chi connectivity index (χ4n) is 1.46. The largest absolute Gasteiger partial charge is 0.255 e. The van der Waals surface area contributed by atoms with Gasteiger partial charge in [0.1, 0.15) is 0 Å². The van der Waals surface area contributed by atoms with Gasteiger partial charge in [-0.3, -0.25) is 5.43 Å². The van der Waals surface area contributed by atoms with Crippen molar-refractivity contribution in [2.75, 3.05) is 13.1 Å². The van der Waals surface area contributed by atoms with E-state index in [1.807, 2.05) is 0 Å². The molecule has 0 aliphatic carbocycles. The molecule has 0 bridgehead atoms. The quantitative estimate of drug-likeness (QED) is 0.651. The molecule has 1 heterocycles. The summed E-state index contributed by atoms with van der Waals surface area (Å²) in [5.41, 5.74) is 3.42. The molecular formula is C9H20N2. The van der Waals surface area contributed by atoms with Crippen LogP contribution in [0.4, 0.5) is 0 Å². The Morgan fingerprint density at radius 2 is 1.91 bits per heavy atom. The summed E-state index contributed by atoms with van der Waals surface area (Å²) in [6.07, 6.45) is 0. The summed E-state index contributed by atoms with van der Waals surface area (Å²) in [6, 6.07) is 0.638. The van der Waals surface area contributed by atoms with E-state index in [0.29, 0.717) is 6.04 Å². The van der Waals surface area contributed by atoms with Crippen LogP contribution in [0, 0.1) is 11.8 Å². The highest BCUT2D eigenvalue weighted by atomic mass is 15.5. The summed E-state index contributed by atoms with van der Waals surface area (Å²) in [5, 5.41) is 2.34. The van der Waals surface area contributed by atoms with E-state index in [1.165, 1.54) is 6.54 Å². The zero-order valence-corrected chi connectivity index (χ0v) is 8.09. The molecule has 0 radical (unpaired) electrons. The molecular weight excluding hydrogens is 136 g/mol. The Bertz CT molecular complexity index is 107. The highest BCUT2D eigenvalue weighted by Crippen LogP contribution is 2.17. The van der Waals surface area contributed by atoms with Crippen LogP contribution in [-0.4, -0.2) is 24.1 Å². The molecule has 0 spiro atoms. The van der Waals surface area contributed by atoms with E-state index in [-0.39, 0.29) is 0 Å². The van der Waals surface area contributed by atoms with E-state index >= 15 is 0 Å². The maximum Gasteiger partial charge on any atom is 0.0187 e. The molecule has 1 unspecified atom stereocenters. The molecule has 1 fully saturated rings. The molecule has 1 aliphatic rings. The minimum Gasteiger partial charge on any atom is -0.255 e. The first-order chi connectivity index (χ1) is 5.11. The molecule has 1 atom stereocenters. The van der Waals surface area contributed by atoms with Gasteiger partial charge in [-0.1, -0.05) is 13.8 Å². The van der Waals surface area contributed by atoms with Crippen LogP contribution >= 0.6 is 0 Å². The lowest BCUT2D eigenvalue weighted by atomic mass is 9.97. The lowest BCUT2D eigenvalue weighted by Gasteiger charge is -2.20. The molecule has 1 saturated heterocycles. The minimum atomic E-state index is 0.638. The van der Waals surface area contributed by atoms with Crippen LogP contribution < -0.4 is 5.43 Å². The SMILES string of the molecule is CC(C)C1CNN(C(C)C)C1. The van der Waals surface area contributed by atoms with Crippen LogP contribution in [-0.2, 0) is 0 Å². The molecule has 66 valence electrons. The minimum absolute atomic E-state index is 0.638. The molecule has 0 aromatic rings. The molecule has 1 N–H and O–H groups in total. The van der Waals surface area contributed by atoms with E-state index in [1.54, 1.807) is 0 Å². The Morgan fingerprint density at radius 3 is 2.18 bits per heavy atom. The Balaban J connectivity index is 2.35. The van der Waals surface area contributed by atoms with Gasteiger partial charge in [-0.25, -0.2) is 5.01 Å². The molecule has 2 heteroatoms. The average molecular weight is 156 g/mol. The zero-order chi connectivity index (χ0) is 8.43. The molecule has 2 nitrogen and oxygen atoms in total. The van der Waals surface area contributed by atoms with Crippen LogP contribution in [0.1, 0.15) is 27.7 Å². The van der Waals surface area contributed by atoms with Gasteiger partial charge in [-0.05, 0) is 25.7 Å². The van der Waals surface area contributed by atoms with Crippen molar-refractivity contribution in [1.29, 1.82) is 0 Å². The van der Waals surface area contributed by atoms with Crippen LogP contribution in [0.3, 0.4) is 0 Å². The molecule has 0 aromatic carbocycles. The van der Waals surface area contributed by atoms with Gasteiger partial charge in [0.15, 0.2) is 0 Å². The van der Waals surface area contributed by atoms with Crippen molar-refractivity contribution in [1.82, 2.24) is 10.4 Å². The summed E-state index contributed by atoms with van der Waals surface area (Å²) in [4.78, 5) is 0. The van der Waals surface area contributed by atoms with Gasteiger partial charge in [0.2, 0.25) is 0 Å². The second-order valence-electron chi connectivity index (χ2n) is 4.11. The molecule has 1 aliphatic heterocycles. The first kappa shape index (κ1) is 9.01. The Labute approximate surface area is 69.9 Å². The fraction of sp³-hybridized carbons (Fsp3) is 1.00. The van der Waals surface area contributed by atoms with E-state index in [4.69, 9.17) is 0 Å². The molecule has 0 amide bonds. The summed E-state index contributed by atoms with van der Waals surface area (Å²) in [6.45, 7) is 11.4. The zero-order valence-electron chi connectivity index (χ0n) is 8.09. The van der Waals surface area contributed by atoms with Gasteiger partial charge in [-0.2, -0.15) is 0 Å². The first-order valence-electron chi connectivity index (χ1n) is 4.61. The normalized spacial score (nSPS) is 27.3. The smallest absolute Gasteiger partial charge is 0.0187 e. The van der Waals surface area contributed by atoms with Crippen molar-refractivity contribution in [3.05, 3.63) is 0 Å². The molecule has 0 aromatic heterocycles. The Kier molecular flexibility index (Phi) is 2.90. The number of nitrogens with one attached hydrogen (secondary N) is 1. The third kappa shape index (κ3) is 2.17. The van der Waals surface area contributed by atoms with Gasteiger partial charge in [0, 0.05) is 19.1 Å². The van der Waals surface area contributed by atoms with Crippen molar-refractivity contribution in [2.45, 2.75) is 33.7 Å². The van der Waals surface area contributed by atoms with Gasteiger partial charge in [0.25, 0.3) is 0 Å². The monoisotopic (exact) mass is 156 g/mol. The molecule has 11 heavy (non-hydrogen) atoms. The maximum atomic E-state index is 3.42. The van der Waals surface area contributed by atoms with Gasteiger partial charge in [-0.15, -0.1) is 0 Å². The van der Waals surface area contributed by atoms with Crippen LogP contribution in [0.5, 0.6) is 0 Å². The lowest BCUT2D eigenvalue weighted by molar-refractivity contribution is 0.192. The van der Waals surface area contributed by atoms with E-state index in [0.717, 1.165) is 18.4 Å². The Morgan fingerprint density at radius 1 is 1.27 bits per heavy atom. The van der Waals surface area contributed by atoms with Gasteiger partial charge < -0.3 is 0 Å². The second-order valence-corrected chi connectivity index (χ2v) is 4.11. The highest BCUT2D eigenvalue weighted by molar-refractivity contribution is 4.76.